The molecule has 0 aromatic heterocycles. The van der Waals surface area contributed by atoms with Crippen LogP contribution in [0.15, 0.2) is 58.3 Å². The average Bonchev–Trinajstić information content (AvgIpc) is 3.12. The number of rotatable bonds is 8. The van der Waals surface area contributed by atoms with E-state index in [9.17, 15) is 26.4 Å². The molecule has 194 valence electrons. The summed E-state index contributed by atoms with van der Waals surface area (Å²) >= 11 is 0. The van der Waals surface area contributed by atoms with Gasteiger partial charge in [0.1, 0.15) is 11.6 Å². The van der Waals surface area contributed by atoms with Crippen LogP contribution in [0.4, 0.5) is 0 Å². The van der Waals surface area contributed by atoms with Gasteiger partial charge in [-0.2, -0.15) is 16.8 Å². The predicted octanol–water partition coefficient (Wildman–Crippen LogP) is 3.89. The largest absolute Gasteiger partial charge is 0.299 e. The average molecular weight is 535 g/mol. The molecule has 0 saturated heterocycles. The molecule has 2 aliphatic rings. The number of benzene rings is 2. The van der Waals surface area contributed by atoms with Crippen molar-refractivity contribution in [3.63, 3.8) is 0 Å². The van der Waals surface area contributed by atoms with Crippen LogP contribution in [0.1, 0.15) is 49.7 Å². The number of hydrogen-bond acceptors (Lipinski definition) is 8. The van der Waals surface area contributed by atoms with E-state index < -0.39 is 31.1 Å². The van der Waals surface area contributed by atoms with E-state index in [2.05, 4.69) is 0 Å². The highest BCUT2D eigenvalue weighted by molar-refractivity contribution is 7.87. The topological polar surface area (TPSA) is 121 Å². The van der Waals surface area contributed by atoms with E-state index in [1.54, 1.807) is 24.3 Å². The molecule has 2 aliphatic carbocycles. The Kier molecular flexibility index (Phi) is 7.27. The van der Waals surface area contributed by atoms with Crippen molar-refractivity contribution in [2.75, 3.05) is 13.2 Å². The first kappa shape index (κ1) is 26.7. The quantitative estimate of drug-likeness (QED) is 0.369. The summed E-state index contributed by atoms with van der Waals surface area (Å²) in [4.78, 5) is 25.1. The molecular weight excluding hydrogens is 504 g/mol. The van der Waals surface area contributed by atoms with Crippen molar-refractivity contribution in [2.45, 2.75) is 62.2 Å². The number of hydrogen-bond donors (Lipinski definition) is 0. The zero-order valence-corrected chi connectivity index (χ0v) is 22.0. The van der Waals surface area contributed by atoms with Gasteiger partial charge in [0.05, 0.1) is 28.4 Å². The van der Waals surface area contributed by atoms with Crippen molar-refractivity contribution >= 4 is 31.8 Å². The summed E-state index contributed by atoms with van der Waals surface area (Å²) in [7, 11) is -8.23. The fourth-order valence-corrected chi connectivity index (χ4v) is 6.93. The summed E-state index contributed by atoms with van der Waals surface area (Å²) in [6.07, 6.45) is 1.29. The minimum atomic E-state index is -4.11. The molecule has 10 heteroatoms. The Hall–Kier alpha value is -2.40. The Balaban J connectivity index is 1.56. The third-order valence-corrected chi connectivity index (χ3v) is 10.0. The van der Waals surface area contributed by atoms with Crippen LogP contribution in [-0.2, 0) is 38.2 Å². The monoisotopic (exact) mass is 534 g/mol. The molecule has 8 nitrogen and oxygen atoms in total. The van der Waals surface area contributed by atoms with Crippen molar-refractivity contribution in [2.24, 2.45) is 10.8 Å². The zero-order valence-electron chi connectivity index (χ0n) is 20.4. The van der Waals surface area contributed by atoms with Crippen molar-refractivity contribution in [1.29, 1.82) is 0 Å². The van der Waals surface area contributed by atoms with E-state index >= 15 is 0 Å². The van der Waals surface area contributed by atoms with Gasteiger partial charge in [0.15, 0.2) is 0 Å². The normalized spacial score (nSPS) is 19.6. The van der Waals surface area contributed by atoms with Crippen molar-refractivity contribution in [3.8, 4) is 0 Å². The maximum absolute atomic E-state index is 12.8. The van der Waals surface area contributed by atoms with Crippen LogP contribution < -0.4 is 0 Å². The van der Waals surface area contributed by atoms with E-state index in [0.29, 0.717) is 0 Å². The van der Waals surface area contributed by atoms with Gasteiger partial charge in [0, 0.05) is 18.3 Å². The second kappa shape index (κ2) is 9.81. The number of carbonyl (C=O) groups is 2. The summed E-state index contributed by atoms with van der Waals surface area (Å²) in [6, 6.07) is 12.4. The number of Topliss-reactive ketones (excluding diaryl/α,β-unsaturated/α-hetero) is 2. The van der Waals surface area contributed by atoms with E-state index in [0.717, 1.165) is 11.1 Å². The summed E-state index contributed by atoms with van der Waals surface area (Å²) in [5.41, 5.74) is -0.286. The van der Waals surface area contributed by atoms with Crippen LogP contribution >= 0.6 is 0 Å². The van der Waals surface area contributed by atoms with Gasteiger partial charge < -0.3 is 0 Å². The van der Waals surface area contributed by atoms with E-state index in [-0.39, 0.29) is 73.1 Å². The SMILES string of the molecule is Cc1ccc(S(=O)(=O)OCC2(COS(=O)(=O)c3ccc(C)cc3)CCC3(CC2)C(=O)CCC3=O)cc1. The lowest BCUT2D eigenvalue weighted by atomic mass is 9.62. The van der Waals surface area contributed by atoms with E-state index in [4.69, 9.17) is 8.37 Å². The number of aryl methyl sites for hydroxylation is 2. The van der Waals surface area contributed by atoms with Crippen molar-refractivity contribution < 1.29 is 34.8 Å². The second-order valence-electron chi connectivity index (χ2n) is 9.99. The van der Waals surface area contributed by atoms with Crippen molar-refractivity contribution in [1.82, 2.24) is 0 Å². The molecule has 0 aliphatic heterocycles. The molecule has 36 heavy (non-hydrogen) atoms. The lowest BCUT2D eigenvalue weighted by Crippen LogP contribution is -2.45. The van der Waals surface area contributed by atoms with E-state index in [1.165, 1.54) is 24.3 Å². The van der Waals surface area contributed by atoms with Crippen LogP contribution in [0.25, 0.3) is 0 Å². The van der Waals surface area contributed by atoms with E-state index in [1.807, 2.05) is 13.8 Å². The molecule has 2 aromatic rings. The third kappa shape index (κ3) is 5.32. The molecule has 1 spiro atoms. The highest BCUT2D eigenvalue weighted by Gasteiger charge is 2.54. The lowest BCUT2D eigenvalue weighted by Gasteiger charge is -2.42. The summed E-state index contributed by atoms with van der Waals surface area (Å²) in [5.74, 6) is -0.190. The van der Waals surface area contributed by atoms with Gasteiger partial charge in [-0.15, -0.1) is 0 Å². The molecule has 2 fully saturated rings. The number of carbonyl (C=O) groups excluding carboxylic acids is 2. The molecule has 0 unspecified atom stereocenters. The minimum absolute atomic E-state index is 0.00938. The fourth-order valence-electron chi connectivity index (χ4n) is 4.91. The first-order valence-corrected chi connectivity index (χ1v) is 14.7. The van der Waals surface area contributed by atoms with Crippen LogP contribution in [-0.4, -0.2) is 41.6 Å². The Bertz CT molecular complexity index is 1250. The summed E-state index contributed by atoms with van der Waals surface area (Å²) in [6.45, 7) is 3.01. The third-order valence-electron chi connectivity index (χ3n) is 7.47. The molecule has 0 heterocycles. The van der Waals surface area contributed by atoms with Crippen LogP contribution in [0.3, 0.4) is 0 Å². The molecule has 0 amide bonds. The summed E-state index contributed by atoms with van der Waals surface area (Å²) in [5, 5.41) is 0. The highest BCUT2D eigenvalue weighted by atomic mass is 32.2. The molecule has 0 radical (unpaired) electrons. The van der Waals surface area contributed by atoms with Crippen LogP contribution in [0.5, 0.6) is 0 Å². The molecule has 0 atom stereocenters. The van der Waals surface area contributed by atoms with Crippen molar-refractivity contribution in [3.05, 3.63) is 59.7 Å². The Morgan fingerprint density at radius 2 is 1.00 bits per heavy atom. The van der Waals surface area contributed by atoms with Gasteiger partial charge in [-0.25, -0.2) is 0 Å². The Labute approximate surface area is 212 Å². The molecule has 2 aromatic carbocycles. The van der Waals surface area contributed by atoms with Gasteiger partial charge in [0.2, 0.25) is 0 Å². The molecule has 2 saturated carbocycles. The zero-order chi connectivity index (χ0) is 26.2. The Morgan fingerprint density at radius 3 is 1.36 bits per heavy atom. The summed E-state index contributed by atoms with van der Waals surface area (Å²) < 4.78 is 62.2. The van der Waals surface area contributed by atoms with Crippen LogP contribution in [0.2, 0.25) is 0 Å². The van der Waals surface area contributed by atoms with Gasteiger partial charge in [-0.3, -0.25) is 18.0 Å². The second-order valence-corrected chi connectivity index (χ2v) is 13.2. The molecular formula is C26H30O8S2. The molecule has 0 bridgehead atoms. The fraction of sp³-hybridized carbons (Fsp3) is 0.462. The van der Waals surface area contributed by atoms with Gasteiger partial charge >= 0.3 is 0 Å². The smallest absolute Gasteiger partial charge is 0.296 e. The first-order valence-electron chi connectivity index (χ1n) is 11.9. The first-order chi connectivity index (χ1) is 16.9. The predicted molar refractivity (Wildman–Crippen MR) is 131 cm³/mol. The highest BCUT2D eigenvalue weighted by Crippen LogP contribution is 2.51. The van der Waals surface area contributed by atoms with Gasteiger partial charge in [-0.1, -0.05) is 35.4 Å². The molecule has 4 rings (SSSR count). The Morgan fingerprint density at radius 1 is 0.639 bits per heavy atom. The molecule has 0 N–H and O–H groups in total. The number of ketones is 2. The minimum Gasteiger partial charge on any atom is -0.299 e. The lowest BCUT2D eigenvalue weighted by molar-refractivity contribution is -0.140. The van der Waals surface area contributed by atoms with Crippen LogP contribution in [0, 0.1) is 24.7 Å². The van der Waals surface area contributed by atoms with Gasteiger partial charge in [-0.05, 0) is 63.8 Å². The standard InChI is InChI=1S/C26H30O8S2/c1-19-3-7-21(8-4-19)35(29,30)33-17-25(13-15-26(16-14-25)23(27)11-12-24(26)28)18-34-36(31,32)22-9-5-20(2)6-10-22/h3-10H,11-18H2,1-2H3. The maximum Gasteiger partial charge on any atom is 0.296 e. The maximum atomic E-state index is 12.8. The van der Waals surface area contributed by atoms with Gasteiger partial charge in [0.25, 0.3) is 20.2 Å².